The van der Waals surface area contributed by atoms with Gasteiger partial charge in [0.15, 0.2) is 0 Å². The van der Waals surface area contributed by atoms with Crippen molar-refractivity contribution in [3.63, 3.8) is 0 Å². The molecular weight excluding hydrogens is 270 g/mol. The van der Waals surface area contributed by atoms with Crippen LogP contribution in [0.15, 0.2) is 24.3 Å². The average Bonchev–Trinajstić information content (AvgIpc) is 2.31. The fourth-order valence-corrected chi connectivity index (χ4v) is 2.45. The summed E-state index contributed by atoms with van der Waals surface area (Å²) >= 11 is 0. The molecule has 0 saturated carbocycles. The maximum atomic E-state index is 11.7. The van der Waals surface area contributed by atoms with Gasteiger partial charge in [-0.3, -0.25) is 4.79 Å². The number of rotatable bonds is 8. The quantitative estimate of drug-likeness (QED) is 0.426. The maximum absolute atomic E-state index is 11.7. The lowest BCUT2D eigenvalue weighted by Gasteiger charge is -2.07. The molecule has 0 fully saturated rings. The molecule has 19 heavy (non-hydrogen) atoms. The van der Waals surface area contributed by atoms with Crippen molar-refractivity contribution >= 4 is 21.6 Å². The van der Waals surface area contributed by atoms with E-state index in [9.17, 15) is 13.2 Å². The zero-order valence-electron chi connectivity index (χ0n) is 10.3. The van der Waals surface area contributed by atoms with E-state index < -0.39 is 15.9 Å². The van der Waals surface area contributed by atoms with Crippen molar-refractivity contribution in [3.05, 3.63) is 29.8 Å². The number of hydrogen-bond acceptors (Lipinski definition) is 5. The molecule has 0 aliphatic carbocycles. The van der Waals surface area contributed by atoms with Crippen LogP contribution in [0.1, 0.15) is 5.56 Å². The Morgan fingerprint density at radius 3 is 2.47 bits per heavy atom. The Morgan fingerprint density at radius 1 is 1.26 bits per heavy atom. The number of nitrogens with two attached hydrogens (primary N) is 2. The van der Waals surface area contributed by atoms with E-state index in [1.54, 1.807) is 24.3 Å². The van der Waals surface area contributed by atoms with Gasteiger partial charge in [0.25, 0.3) is 0 Å². The third kappa shape index (κ3) is 6.75. The van der Waals surface area contributed by atoms with Gasteiger partial charge < -0.3 is 16.2 Å². The molecule has 0 aromatic heterocycles. The van der Waals surface area contributed by atoms with Crippen LogP contribution >= 0.6 is 0 Å². The second kappa shape index (κ2) is 7.07. The number of carbonyl (C=O) groups excluding carboxylic acids is 1. The molecule has 7 nitrogen and oxygen atoms in total. The van der Waals surface area contributed by atoms with Gasteiger partial charge in [-0.25, -0.2) is 13.1 Å². The Kier molecular flexibility index (Phi) is 5.74. The molecule has 0 aliphatic heterocycles. The van der Waals surface area contributed by atoms with E-state index in [0.717, 1.165) is 0 Å². The first-order valence-electron chi connectivity index (χ1n) is 5.57. The SMILES string of the molecule is NC(=O)COCCNS(=O)(=O)Cc1ccc(N)cc1. The molecule has 1 aromatic carbocycles. The number of nitrogen functional groups attached to an aromatic ring is 1. The minimum absolute atomic E-state index is 0.0872. The maximum Gasteiger partial charge on any atom is 0.243 e. The molecule has 0 radical (unpaired) electrons. The van der Waals surface area contributed by atoms with Crippen molar-refractivity contribution in [1.82, 2.24) is 4.72 Å². The first kappa shape index (κ1) is 15.4. The highest BCUT2D eigenvalue weighted by atomic mass is 32.2. The lowest BCUT2D eigenvalue weighted by Crippen LogP contribution is -2.29. The molecule has 1 rings (SSSR count). The molecule has 0 aliphatic rings. The van der Waals surface area contributed by atoms with Crippen LogP contribution in [0.25, 0.3) is 0 Å². The van der Waals surface area contributed by atoms with E-state index in [0.29, 0.717) is 11.3 Å². The van der Waals surface area contributed by atoms with Gasteiger partial charge in [-0.15, -0.1) is 0 Å². The predicted molar refractivity (Wildman–Crippen MR) is 71.5 cm³/mol. The number of primary amides is 1. The van der Waals surface area contributed by atoms with Crippen molar-refractivity contribution in [2.45, 2.75) is 5.75 Å². The number of carbonyl (C=O) groups is 1. The summed E-state index contributed by atoms with van der Waals surface area (Å²) in [6, 6.07) is 6.58. The molecule has 8 heteroatoms. The Morgan fingerprint density at radius 2 is 1.89 bits per heavy atom. The van der Waals surface area contributed by atoms with E-state index >= 15 is 0 Å². The Bertz CT molecular complexity index is 513. The third-order valence-electron chi connectivity index (χ3n) is 2.15. The minimum Gasteiger partial charge on any atom is -0.399 e. The van der Waals surface area contributed by atoms with Crippen molar-refractivity contribution in [2.75, 3.05) is 25.5 Å². The monoisotopic (exact) mass is 287 g/mol. The first-order valence-corrected chi connectivity index (χ1v) is 7.22. The van der Waals surface area contributed by atoms with Crippen LogP contribution in [0.5, 0.6) is 0 Å². The summed E-state index contributed by atoms with van der Waals surface area (Å²) < 4.78 is 30.6. The zero-order chi connectivity index (χ0) is 14.3. The minimum atomic E-state index is -3.44. The van der Waals surface area contributed by atoms with Gasteiger partial charge in [0.05, 0.1) is 12.4 Å². The normalized spacial score (nSPS) is 11.4. The fourth-order valence-electron chi connectivity index (χ4n) is 1.33. The number of hydrogen-bond donors (Lipinski definition) is 3. The van der Waals surface area contributed by atoms with E-state index in [4.69, 9.17) is 16.2 Å². The van der Waals surface area contributed by atoms with Gasteiger partial charge in [-0.1, -0.05) is 12.1 Å². The molecule has 106 valence electrons. The second-order valence-corrected chi connectivity index (χ2v) is 5.72. The molecule has 0 spiro atoms. The number of sulfonamides is 1. The number of anilines is 1. The van der Waals surface area contributed by atoms with E-state index in [2.05, 4.69) is 4.72 Å². The van der Waals surface area contributed by atoms with Crippen LogP contribution < -0.4 is 16.2 Å². The summed E-state index contributed by atoms with van der Waals surface area (Å²) in [4.78, 5) is 10.4. The molecule has 1 aromatic rings. The lowest BCUT2D eigenvalue weighted by atomic mass is 10.2. The summed E-state index contributed by atoms with van der Waals surface area (Å²) in [7, 11) is -3.44. The Balaban J connectivity index is 2.35. The van der Waals surface area contributed by atoms with E-state index in [-0.39, 0.29) is 25.5 Å². The summed E-state index contributed by atoms with van der Waals surface area (Å²) in [6.45, 7) is -0.0474. The van der Waals surface area contributed by atoms with Crippen LogP contribution in [0.3, 0.4) is 0 Å². The zero-order valence-corrected chi connectivity index (χ0v) is 11.2. The molecule has 0 heterocycles. The van der Waals surface area contributed by atoms with Crippen LogP contribution in [-0.2, 0) is 25.3 Å². The molecule has 0 unspecified atom stereocenters. The number of amides is 1. The van der Waals surface area contributed by atoms with Crippen molar-refractivity contribution < 1.29 is 17.9 Å². The average molecular weight is 287 g/mol. The smallest absolute Gasteiger partial charge is 0.243 e. The standard InChI is InChI=1S/C11H17N3O4S/c12-10-3-1-9(2-4-10)8-19(16,17)14-5-6-18-7-11(13)15/h1-4,14H,5-8,12H2,(H2,13,15). The van der Waals surface area contributed by atoms with Gasteiger partial charge in [0, 0.05) is 12.2 Å². The highest BCUT2D eigenvalue weighted by molar-refractivity contribution is 7.88. The van der Waals surface area contributed by atoms with Crippen LogP contribution in [-0.4, -0.2) is 34.1 Å². The number of benzene rings is 1. The topological polar surface area (TPSA) is 125 Å². The van der Waals surface area contributed by atoms with Gasteiger partial charge >= 0.3 is 0 Å². The second-order valence-electron chi connectivity index (χ2n) is 3.91. The molecule has 5 N–H and O–H groups in total. The van der Waals surface area contributed by atoms with E-state index in [1.165, 1.54) is 0 Å². The van der Waals surface area contributed by atoms with Gasteiger partial charge in [-0.2, -0.15) is 0 Å². The molecule has 0 bridgehead atoms. The Labute approximate surface area is 112 Å². The van der Waals surface area contributed by atoms with E-state index in [1.807, 2.05) is 0 Å². The highest BCUT2D eigenvalue weighted by Gasteiger charge is 2.10. The lowest BCUT2D eigenvalue weighted by molar-refractivity contribution is -0.122. The molecule has 0 saturated heterocycles. The summed E-state index contributed by atoms with van der Waals surface area (Å²) in [6.07, 6.45) is 0. The number of ether oxygens (including phenoxy) is 1. The molecular formula is C11H17N3O4S. The van der Waals surface area contributed by atoms with Gasteiger partial charge in [0.2, 0.25) is 15.9 Å². The summed E-state index contributed by atoms with van der Waals surface area (Å²) in [5.41, 5.74) is 11.6. The van der Waals surface area contributed by atoms with Gasteiger partial charge in [0.1, 0.15) is 6.61 Å². The molecule has 1 amide bonds. The van der Waals surface area contributed by atoms with Crippen molar-refractivity contribution in [2.24, 2.45) is 5.73 Å². The third-order valence-corrected chi connectivity index (χ3v) is 3.51. The molecule has 0 atom stereocenters. The van der Waals surface area contributed by atoms with Crippen LogP contribution in [0, 0.1) is 0 Å². The first-order chi connectivity index (χ1) is 8.89. The summed E-state index contributed by atoms with van der Waals surface area (Å²) in [5.74, 6) is -0.729. The highest BCUT2D eigenvalue weighted by Crippen LogP contribution is 2.08. The van der Waals surface area contributed by atoms with Crippen LogP contribution in [0.2, 0.25) is 0 Å². The van der Waals surface area contributed by atoms with Crippen LogP contribution in [0.4, 0.5) is 5.69 Å². The fraction of sp³-hybridized carbons (Fsp3) is 0.364. The largest absolute Gasteiger partial charge is 0.399 e. The van der Waals surface area contributed by atoms with Gasteiger partial charge in [-0.05, 0) is 17.7 Å². The number of nitrogens with one attached hydrogen (secondary N) is 1. The predicted octanol–water partition coefficient (Wildman–Crippen LogP) is -0.810. The van der Waals surface area contributed by atoms with Crippen molar-refractivity contribution in [1.29, 1.82) is 0 Å². The summed E-state index contributed by atoms with van der Waals surface area (Å²) in [5, 5.41) is 0. The Hall–Kier alpha value is -1.64. The van der Waals surface area contributed by atoms with Crippen molar-refractivity contribution in [3.8, 4) is 0 Å².